The van der Waals surface area contributed by atoms with E-state index in [0.717, 1.165) is 30.2 Å². The minimum Gasteiger partial charge on any atom is -0.495 e. The van der Waals surface area contributed by atoms with Gasteiger partial charge in [0, 0.05) is 56.9 Å². The van der Waals surface area contributed by atoms with Crippen LogP contribution in [0.25, 0.3) is 0 Å². The standard InChI is InChI=1S/C28H31ClFN5O4/c1-38-16-11-31-27(36)21-17-19(32-28(37)33-20-7-9-23(30)22(29)18-20)8-10-24(21)34-12-14-35(15-13-34)25-5-3-4-6-26(25)39-2/h3-10,17-18H,11-16H2,1-2H3,(H,31,36)(H2,32,33,37). The number of benzene rings is 3. The summed E-state index contributed by atoms with van der Waals surface area (Å²) in [5.41, 5.74) is 2.99. The molecular formula is C28H31ClFN5O4. The highest BCUT2D eigenvalue weighted by atomic mass is 35.5. The Hall–Kier alpha value is -4.02. The maximum Gasteiger partial charge on any atom is 0.323 e. The van der Waals surface area contributed by atoms with Crippen molar-refractivity contribution in [2.75, 3.05) is 74.0 Å². The second-order valence-corrected chi connectivity index (χ2v) is 9.24. The molecule has 39 heavy (non-hydrogen) atoms. The number of ether oxygens (including phenoxy) is 2. The van der Waals surface area contributed by atoms with E-state index in [2.05, 4.69) is 25.8 Å². The van der Waals surface area contributed by atoms with Crippen molar-refractivity contribution in [1.82, 2.24) is 5.32 Å². The predicted octanol–water partition coefficient (Wildman–Crippen LogP) is 4.83. The van der Waals surface area contributed by atoms with Crippen LogP contribution in [-0.2, 0) is 4.74 Å². The third-order valence-electron chi connectivity index (χ3n) is 6.31. The maximum atomic E-state index is 13.4. The highest BCUT2D eigenvalue weighted by Crippen LogP contribution is 2.31. The van der Waals surface area contributed by atoms with E-state index in [9.17, 15) is 14.0 Å². The quantitative estimate of drug-likeness (QED) is 0.327. The molecule has 3 N–H and O–H groups in total. The second-order valence-electron chi connectivity index (χ2n) is 8.83. The topological polar surface area (TPSA) is 95.2 Å². The summed E-state index contributed by atoms with van der Waals surface area (Å²) in [5, 5.41) is 8.10. The third kappa shape index (κ3) is 7.10. The van der Waals surface area contributed by atoms with Gasteiger partial charge in [-0.1, -0.05) is 23.7 Å². The van der Waals surface area contributed by atoms with Crippen LogP contribution in [-0.4, -0.2) is 65.5 Å². The van der Waals surface area contributed by atoms with Gasteiger partial charge >= 0.3 is 6.03 Å². The Morgan fingerprint density at radius 3 is 2.21 bits per heavy atom. The molecule has 0 bridgehead atoms. The Kier molecular flexibility index (Phi) is 9.45. The predicted molar refractivity (Wildman–Crippen MR) is 152 cm³/mol. The molecule has 0 saturated carbocycles. The Morgan fingerprint density at radius 2 is 1.54 bits per heavy atom. The first-order valence-corrected chi connectivity index (χ1v) is 12.8. The summed E-state index contributed by atoms with van der Waals surface area (Å²) in [6.07, 6.45) is 0. The van der Waals surface area contributed by atoms with Crippen molar-refractivity contribution < 1.29 is 23.5 Å². The largest absolute Gasteiger partial charge is 0.495 e. The first-order valence-electron chi connectivity index (χ1n) is 12.5. The number of amides is 3. The van der Waals surface area contributed by atoms with Crippen LogP contribution in [0.4, 0.5) is 31.9 Å². The minimum atomic E-state index is -0.578. The van der Waals surface area contributed by atoms with Gasteiger partial charge in [0.05, 0.1) is 30.0 Å². The number of carbonyl (C=O) groups excluding carboxylic acids is 2. The number of anilines is 4. The lowest BCUT2D eigenvalue weighted by Gasteiger charge is -2.38. The van der Waals surface area contributed by atoms with E-state index >= 15 is 0 Å². The second kappa shape index (κ2) is 13.2. The van der Waals surface area contributed by atoms with Crippen molar-refractivity contribution in [3.8, 4) is 5.75 Å². The minimum absolute atomic E-state index is 0.0991. The highest BCUT2D eigenvalue weighted by molar-refractivity contribution is 6.31. The van der Waals surface area contributed by atoms with Crippen LogP contribution in [0.5, 0.6) is 5.75 Å². The lowest BCUT2D eigenvalue weighted by Crippen LogP contribution is -2.47. The summed E-state index contributed by atoms with van der Waals surface area (Å²) in [6, 6.07) is 16.5. The molecule has 3 amide bonds. The van der Waals surface area contributed by atoms with Crippen LogP contribution in [0, 0.1) is 5.82 Å². The number of nitrogens with one attached hydrogen (secondary N) is 3. The number of hydrogen-bond acceptors (Lipinski definition) is 6. The van der Waals surface area contributed by atoms with Gasteiger partial charge in [0.2, 0.25) is 0 Å². The molecule has 3 aromatic rings. The molecule has 4 rings (SSSR count). The highest BCUT2D eigenvalue weighted by Gasteiger charge is 2.24. The Balaban J connectivity index is 1.50. The van der Waals surface area contributed by atoms with Crippen molar-refractivity contribution in [2.24, 2.45) is 0 Å². The Morgan fingerprint density at radius 1 is 0.897 bits per heavy atom. The summed E-state index contributed by atoms with van der Waals surface area (Å²) in [4.78, 5) is 30.1. The number of para-hydroxylation sites is 2. The number of halogens is 2. The molecule has 0 spiro atoms. The zero-order valence-corrected chi connectivity index (χ0v) is 22.6. The van der Waals surface area contributed by atoms with Gasteiger partial charge in [0.1, 0.15) is 11.6 Å². The molecule has 1 aliphatic heterocycles. The van der Waals surface area contributed by atoms with Crippen LogP contribution in [0.15, 0.2) is 60.7 Å². The fourth-order valence-corrected chi connectivity index (χ4v) is 4.56. The van der Waals surface area contributed by atoms with Gasteiger partial charge < -0.3 is 35.2 Å². The van der Waals surface area contributed by atoms with Crippen LogP contribution in [0.3, 0.4) is 0 Å². The van der Waals surface area contributed by atoms with E-state index in [0.29, 0.717) is 43.2 Å². The van der Waals surface area contributed by atoms with E-state index < -0.39 is 11.8 Å². The fourth-order valence-electron chi connectivity index (χ4n) is 4.38. The van der Waals surface area contributed by atoms with E-state index in [1.807, 2.05) is 30.3 Å². The normalized spacial score (nSPS) is 13.1. The molecule has 3 aromatic carbocycles. The Bertz CT molecular complexity index is 1320. The number of carbonyl (C=O) groups is 2. The van der Waals surface area contributed by atoms with Gasteiger partial charge in [-0.15, -0.1) is 0 Å². The zero-order chi connectivity index (χ0) is 27.8. The molecule has 1 aliphatic rings. The van der Waals surface area contributed by atoms with Crippen LogP contribution >= 0.6 is 11.6 Å². The average Bonchev–Trinajstić information content (AvgIpc) is 2.95. The van der Waals surface area contributed by atoms with Gasteiger partial charge in [0.25, 0.3) is 5.91 Å². The van der Waals surface area contributed by atoms with Gasteiger partial charge in [-0.05, 0) is 48.5 Å². The fraction of sp³-hybridized carbons (Fsp3) is 0.286. The van der Waals surface area contributed by atoms with Crippen molar-refractivity contribution in [3.05, 3.63) is 77.1 Å². The van der Waals surface area contributed by atoms with Gasteiger partial charge in [-0.2, -0.15) is 0 Å². The first kappa shape index (κ1) is 28.0. The lowest BCUT2D eigenvalue weighted by atomic mass is 10.1. The summed E-state index contributed by atoms with van der Waals surface area (Å²) in [5.74, 6) is -0.0320. The molecule has 9 nitrogen and oxygen atoms in total. The van der Waals surface area contributed by atoms with Crippen molar-refractivity contribution in [1.29, 1.82) is 0 Å². The van der Waals surface area contributed by atoms with E-state index in [-0.39, 0.29) is 10.9 Å². The number of hydrogen-bond donors (Lipinski definition) is 3. The molecule has 0 unspecified atom stereocenters. The summed E-state index contributed by atoms with van der Waals surface area (Å²) in [6.45, 7) is 3.59. The molecule has 0 aliphatic carbocycles. The van der Waals surface area contributed by atoms with Crippen LogP contribution < -0.4 is 30.5 Å². The van der Waals surface area contributed by atoms with Crippen molar-refractivity contribution in [2.45, 2.75) is 0 Å². The third-order valence-corrected chi connectivity index (χ3v) is 6.60. The maximum absolute atomic E-state index is 13.4. The monoisotopic (exact) mass is 555 g/mol. The number of piperazine rings is 1. The molecule has 0 atom stereocenters. The molecule has 1 heterocycles. The number of nitrogens with zero attached hydrogens (tertiary/aromatic N) is 2. The van der Waals surface area contributed by atoms with Crippen LogP contribution in [0.2, 0.25) is 5.02 Å². The van der Waals surface area contributed by atoms with E-state index in [1.54, 1.807) is 26.4 Å². The zero-order valence-electron chi connectivity index (χ0n) is 21.8. The van der Waals surface area contributed by atoms with Crippen LogP contribution in [0.1, 0.15) is 10.4 Å². The molecule has 1 saturated heterocycles. The molecule has 0 aromatic heterocycles. The average molecular weight is 556 g/mol. The van der Waals surface area contributed by atoms with Gasteiger partial charge in [0.15, 0.2) is 0 Å². The number of rotatable bonds is 9. The SMILES string of the molecule is COCCNC(=O)c1cc(NC(=O)Nc2ccc(F)c(Cl)c2)ccc1N1CCN(c2ccccc2OC)CC1. The molecule has 1 fully saturated rings. The molecule has 11 heteroatoms. The first-order chi connectivity index (χ1) is 18.9. The number of urea groups is 1. The summed E-state index contributed by atoms with van der Waals surface area (Å²) in [7, 11) is 3.23. The number of methoxy groups -OCH3 is 2. The summed E-state index contributed by atoms with van der Waals surface area (Å²) >= 11 is 5.80. The van der Waals surface area contributed by atoms with Gasteiger partial charge in [-0.25, -0.2) is 9.18 Å². The van der Waals surface area contributed by atoms with Crippen molar-refractivity contribution >= 4 is 46.3 Å². The van der Waals surface area contributed by atoms with Crippen molar-refractivity contribution in [3.63, 3.8) is 0 Å². The van der Waals surface area contributed by atoms with Gasteiger partial charge in [-0.3, -0.25) is 4.79 Å². The lowest BCUT2D eigenvalue weighted by molar-refractivity contribution is 0.0937. The summed E-state index contributed by atoms with van der Waals surface area (Å²) < 4.78 is 24.0. The van der Waals surface area contributed by atoms with E-state index in [4.69, 9.17) is 21.1 Å². The van der Waals surface area contributed by atoms with E-state index in [1.165, 1.54) is 18.2 Å². The smallest absolute Gasteiger partial charge is 0.323 e. The Labute approximate surface area is 231 Å². The molecular weight excluding hydrogens is 525 g/mol. The molecule has 0 radical (unpaired) electrons. The molecule has 206 valence electrons.